The number of hydrogen-bond donors (Lipinski definition) is 1. The lowest BCUT2D eigenvalue weighted by Gasteiger charge is -2.13. The molecule has 0 saturated carbocycles. The number of ether oxygens (including phenoxy) is 1. The monoisotopic (exact) mass is 296 g/mol. The molecule has 0 spiro atoms. The molecule has 1 N–H and O–H groups in total. The van der Waals surface area contributed by atoms with E-state index in [2.05, 4.69) is 23.3 Å². The molecule has 1 heterocycles. The van der Waals surface area contributed by atoms with Gasteiger partial charge >= 0.3 is 0 Å². The molecule has 0 bridgehead atoms. The number of amides is 1. The Labute approximate surface area is 130 Å². The van der Waals surface area contributed by atoms with Gasteiger partial charge in [0.1, 0.15) is 5.75 Å². The van der Waals surface area contributed by atoms with E-state index in [-0.39, 0.29) is 5.91 Å². The molecular weight excluding hydrogens is 276 g/mol. The molecular formula is C18H20N2O2. The lowest BCUT2D eigenvalue weighted by Crippen LogP contribution is -2.15. The first-order valence-electron chi connectivity index (χ1n) is 7.42. The van der Waals surface area contributed by atoms with E-state index in [0.29, 0.717) is 6.42 Å². The predicted molar refractivity (Wildman–Crippen MR) is 88.7 cm³/mol. The summed E-state index contributed by atoms with van der Waals surface area (Å²) < 4.78 is 5.18. The molecule has 3 rings (SSSR count). The largest absolute Gasteiger partial charge is 0.497 e. The average molecular weight is 296 g/mol. The highest BCUT2D eigenvalue weighted by molar-refractivity contribution is 5.93. The maximum Gasteiger partial charge on any atom is 0.228 e. The Morgan fingerprint density at radius 2 is 2.14 bits per heavy atom. The minimum atomic E-state index is -0.0196. The number of methoxy groups -OCH3 is 1. The number of likely N-dealkylation sites (N-methyl/N-ethyl adjacent to an activating group) is 1. The summed E-state index contributed by atoms with van der Waals surface area (Å²) in [5, 5.41) is 2.97. The fourth-order valence-electron chi connectivity index (χ4n) is 2.79. The average Bonchev–Trinajstić information content (AvgIpc) is 2.88. The minimum Gasteiger partial charge on any atom is -0.497 e. The normalized spacial score (nSPS) is 12.9. The van der Waals surface area contributed by atoms with Crippen LogP contribution in [-0.4, -0.2) is 26.6 Å². The van der Waals surface area contributed by atoms with Crippen molar-refractivity contribution in [2.45, 2.75) is 12.8 Å². The standard InChI is InChI=1S/C18H20N2O2/c1-20-9-8-14-6-7-15(12-17(14)20)19-18(21)11-13-4-3-5-16(10-13)22-2/h3-7,10,12H,8-9,11H2,1-2H3,(H,19,21). The second-order valence-corrected chi connectivity index (χ2v) is 5.59. The van der Waals surface area contributed by atoms with Gasteiger partial charge in [0.2, 0.25) is 5.91 Å². The fourth-order valence-corrected chi connectivity index (χ4v) is 2.79. The highest BCUT2D eigenvalue weighted by atomic mass is 16.5. The molecule has 1 aliphatic heterocycles. The Morgan fingerprint density at radius 3 is 2.95 bits per heavy atom. The first kappa shape index (κ1) is 14.4. The van der Waals surface area contributed by atoms with Crippen LogP contribution >= 0.6 is 0 Å². The van der Waals surface area contributed by atoms with Crippen molar-refractivity contribution < 1.29 is 9.53 Å². The van der Waals surface area contributed by atoms with Gasteiger partial charge in [0.25, 0.3) is 0 Å². The van der Waals surface area contributed by atoms with Crippen LogP contribution in [0.3, 0.4) is 0 Å². The molecule has 0 fully saturated rings. The Hall–Kier alpha value is -2.49. The van der Waals surface area contributed by atoms with Crippen LogP contribution in [-0.2, 0) is 17.6 Å². The van der Waals surface area contributed by atoms with Gasteiger partial charge in [-0.15, -0.1) is 0 Å². The number of rotatable bonds is 4. The van der Waals surface area contributed by atoms with Gasteiger partial charge in [-0.2, -0.15) is 0 Å². The number of fused-ring (bicyclic) bond motifs is 1. The zero-order valence-electron chi connectivity index (χ0n) is 12.9. The van der Waals surface area contributed by atoms with E-state index in [1.165, 1.54) is 11.3 Å². The van der Waals surface area contributed by atoms with Gasteiger partial charge in [0.15, 0.2) is 0 Å². The molecule has 0 atom stereocenters. The van der Waals surface area contributed by atoms with Crippen LogP contribution in [0.15, 0.2) is 42.5 Å². The lowest BCUT2D eigenvalue weighted by molar-refractivity contribution is -0.115. The van der Waals surface area contributed by atoms with Crippen LogP contribution in [0.25, 0.3) is 0 Å². The molecule has 22 heavy (non-hydrogen) atoms. The zero-order chi connectivity index (χ0) is 15.5. The number of hydrogen-bond acceptors (Lipinski definition) is 3. The predicted octanol–water partition coefficient (Wildman–Crippen LogP) is 2.87. The summed E-state index contributed by atoms with van der Waals surface area (Å²) in [6.07, 6.45) is 1.41. The summed E-state index contributed by atoms with van der Waals surface area (Å²) in [5.41, 5.74) is 4.34. The summed E-state index contributed by atoms with van der Waals surface area (Å²) in [5.74, 6) is 0.748. The Bertz CT molecular complexity index is 697. The van der Waals surface area contributed by atoms with Gasteiger partial charge < -0.3 is 15.0 Å². The smallest absolute Gasteiger partial charge is 0.228 e. The number of nitrogens with zero attached hydrogens (tertiary/aromatic N) is 1. The van der Waals surface area contributed by atoms with Gasteiger partial charge in [-0.05, 0) is 41.8 Å². The maximum atomic E-state index is 12.2. The number of anilines is 2. The molecule has 2 aromatic carbocycles. The van der Waals surface area contributed by atoms with E-state index in [9.17, 15) is 4.79 Å². The van der Waals surface area contributed by atoms with E-state index in [1.807, 2.05) is 36.4 Å². The number of carbonyl (C=O) groups excluding carboxylic acids is 1. The number of benzene rings is 2. The second-order valence-electron chi connectivity index (χ2n) is 5.59. The van der Waals surface area contributed by atoms with Gasteiger partial charge in [-0.25, -0.2) is 0 Å². The molecule has 114 valence electrons. The Kier molecular flexibility index (Phi) is 4.00. The zero-order valence-corrected chi connectivity index (χ0v) is 12.9. The maximum absolute atomic E-state index is 12.2. The number of nitrogens with one attached hydrogen (secondary N) is 1. The van der Waals surface area contributed by atoms with Gasteiger partial charge in [0, 0.05) is 25.0 Å². The van der Waals surface area contributed by atoms with Crippen molar-refractivity contribution in [3.63, 3.8) is 0 Å². The third-order valence-corrected chi connectivity index (χ3v) is 4.00. The molecule has 0 saturated heterocycles. The van der Waals surface area contributed by atoms with Crippen molar-refractivity contribution >= 4 is 17.3 Å². The third kappa shape index (κ3) is 3.06. The lowest BCUT2D eigenvalue weighted by atomic mass is 10.1. The molecule has 0 aromatic heterocycles. The first-order chi connectivity index (χ1) is 10.7. The van der Waals surface area contributed by atoms with Gasteiger partial charge in [-0.3, -0.25) is 4.79 Å². The van der Waals surface area contributed by atoms with Crippen LogP contribution in [0.5, 0.6) is 5.75 Å². The topological polar surface area (TPSA) is 41.6 Å². The molecule has 0 unspecified atom stereocenters. The van der Waals surface area contributed by atoms with Crippen molar-refractivity contribution in [2.24, 2.45) is 0 Å². The fraction of sp³-hybridized carbons (Fsp3) is 0.278. The van der Waals surface area contributed by atoms with Crippen LogP contribution in [0.4, 0.5) is 11.4 Å². The molecule has 1 amide bonds. The van der Waals surface area contributed by atoms with Crippen molar-refractivity contribution in [2.75, 3.05) is 30.9 Å². The summed E-state index contributed by atoms with van der Waals surface area (Å²) in [6, 6.07) is 13.7. The van der Waals surface area contributed by atoms with Gasteiger partial charge in [-0.1, -0.05) is 18.2 Å². The summed E-state index contributed by atoms with van der Waals surface area (Å²) in [7, 11) is 3.70. The van der Waals surface area contributed by atoms with E-state index in [1.54, 1.807) is 7.11 Å². The molecule has 4 nitrogen and oxygen atoms in total. The Morgan fingerprint density at radius 1 is 1.27 bits per heavy atom. The van der Waals surface area contributed by atoms with E-state index < -0.39 is 0 Å². The first-order valence-corrected chi connectivity index (χ1v) is 7.42. The quantitative estimate of drug-likeness (QED) is 0.943. The summed E-state index contributed by atoms with van der Waals surface area (Å²) >= 11 is 0. The van der Waals surface area contributed by atoms with Crippen LogP contribution in [0.1, 0.15) is 11.1 Å². The van der Waals surface area contributed by atoms with Crippen molar-refractivity contribution in [1.29, 1.82) is 0 Å². The Balaban J connectivity index is 1.68. The number of carbonyl (C=O) groups is 1. The van der Waals surface area contributed by atoms with E-state index in [0.717, 1.165) is 30.0 Å². The van der Waals surface area contributed by atoms with Crippen molar-refractivity contribution in [3.8, 4) is 5.75 Å². The second kappa shape index (κ2) is 6.10. The third-order valence-electron chi connectivity index (χ3n) is 4.00. The van der Waals surface area contributed by atoms with Crippen molar-refractivity contribution in [3.05, 3.63) is 53.6 Å². The molecule has 2 aromatic rings. The molecule has 0 aliphatic carbocycles. The summed E-state index contributed by atoms with van der Waals surface area (Å²) in [4.78, 5) is 14.4. The van der Waals surface area contributed by atoms with Crippen LogP contribution in [0.2, 0.25) is 0 Å². The SMILES string of the molecule is COc1cccc(CC(=O)Nc2ccc3c(c2)N(C)CC3)c1. The van der Waals surface area contributed by atoms with Crippen LogP contribution in [0, 0.1) is 0 Å². The minimum absolute atomic E-state index is 0.0196. The molecule has 4 heteroatoms. The summed E-state index contributed by atoms with van der Waals surface area (Å²) in [6.45, 7) is 1.04. The van der Waals surface area contributed by atoms with Crippen LogP contribution < -0.4 is 15.0 Å². The van der Waals surface area contributed by atoms with Gasteiger partial charge in [0.05, 0.1) is 13.5 Å². The van der Waals surface area contributed by atoms with E-state index >= 15 is 0 Å². The van der Waals surface area contributed by atoms with E-state index in [4.69, 9.17) is 4.74 Å². The molecule has 0 radical (unpaired) electrons. The molecule has 1 aliphatic rings. The van der Waals surface area contributed by atoms with Crippen molar-refractivity contribution in [1.82, 2.24) is 0 Å². The highest BCUT2D eigenvalue weighted by Crippen LogP contribution is 2.29. The highest BCUT2D eigenvalue weighted by Gasteiger charge is 2.16.